The summed E-state index contributed by atoms with van der Waals surface area (Å²) in [6.45, 7) is 10.1. The van der Waals surface area contributed by atoms with Gasteiger partial charge < -0.3 is 5.11 Å². The molecule has 0 saturated carbocycles. The van der Waals surface area contributed by atoms with Crippen LogP contribution in [0.5, 0.6) is 0 Å². The monoisotopic (exact) mass is 154 g/mol. The Kier molecular flexibility index (Phi) is 4.88. The second-order valence-electron chi connectivity index (χ2n) is 3.22. The van der Waals surface area contributed by atoms with E-state index in [0.717, 1.165) is 18.4 Å². The first-order valence-electron chi connectivity index (χ1n) is 3.98. The summed E-state index contributed by atoms with van der Waals surface area (Å²) < 4.78 is 0. The van der Waals surface area contributed by atoms with E-state index >= 15 is 0 Å². The highest BCUT2D eigenvalue weighted by Crippen LogP contribution is 2.12. The maximum atomic E-state index is 8.92. The van der Waals surface area contributed by atoms with E-state index in [1.54, 1.807) is 0 Å². The smallest absolute Gasteiger partial charge is 0.0644 e. The van der Waals surface area contributed by atoms with Crippen LogP contribution in [0.25, 0.3) is 0 Å². The van der Waals surface area contributed by atoms with Gasteiger partial charge in [-0.1, -0.05) is 11.1 Å². The molecule has 0 bridgehead atoms. The Labute approximate surface area is 69.4 Å². The van der Waals surface area contributed by atoms with E-state index in [2.05, 4.69) is 6.58 Å². The zero-order valence-corrected chi connectivity index (χ0v) is 7.78. The molecule has 0 heterocycles. The summed E-state index contributed by atoms with van der Waals surface area (Å²) in [6.07, 6.45) is 1.94. The van der Waals surface area contributed by atoms with E-state index in [-0.39, 0.29) is 6.61 Å². The van der Waals surface area contributed by atoms with Gasteiger partial charge in [-0.05, 0) is 39.2 Å². The summed E-state index contributed by atoms with van der Waals surface area (Å²) in [6, 6.07) is 0. The zero-order chi connectivity index (χ0) is 8.85. The van der Waals surface area contributed by atoms with Gasteiger partial charge in [0.1, 0.15) is 0 Å². The molecule has 0 rings (SSSR count). The van der Waals surface area contributed by atoms with Gasteiger partial charge in [0.15, 0.2) is 0 Å². The van der Waals surface area contributed by atoms with Crippen LogP contribution in [0, 0.1) is 0 Å². The van der Waals surface area contributed by atoms with Crippen LogP contribution in [-0.2, 0) is 0 Å². The first kappa shape index (κ1) is 10.4. The summed E-state index contributed by atoms with van der Waals surface area (Å²) in [4.78, 5) is 0. The molecule has 0 aliphatic heterocycles. The minimum absolute atomic E-state index is 0.190. The first-order valence-corrected chi connectivity index (χ1v) is 3.98. The Morgan fingerprint density at radius 1 is 1.18 bits per heavy atom. The summed E-state index contributed by atoms with van der Waals surface area (Å²) in [5.74, 6) is 0. The molecule has 0 aromatic carbocycles. The zero-order valence-electron chi connectivity index (χ0n) is 7.78. The lowest BCUT2D eigenvalue weighted by atomic mass is 10.0. The maximum absolute atomic E-state index is 8.92. The fourth-order valence-corrected chi connectivity index (χ4v) is 0.851. The molecule has 1 nitrogen and oxygen atoms in total. The molecular weight excluding hydrogens is 136 g/mol. The van der Waals surface area contributed by atoms with E-state index in [4.69, 9.17) is 5.11 Å². The number of aliphatic hydroxyl groups excluding tert-OH is 1. The standard InChI is InChI=1S/C10H18O/c1-8(2)5-6-10(7-11)9(3)4/h11H,1,5-7H2,2-4H3. The van der Waals surface area contributed by atoms with Crippen LogP contribution in [0.1, 0.15) is 33.6 Å². The van der Waals surface area contributed by atoms with E-state index in [1.165, 1.54) is 11.1 Å². The number of hydrogen-bond acceptors (Lipinski definition) is 1. The van der Waals surface area contributed by atoms with Crippen molar-refractivity contribution in [2.75, 3.05) is 6.61 Å². The minimum atomic E-state index is 0.190. The molecule has 0 fully saturated rings. The van der Waals surface area contributed by atoms with Crippen LogP contribution in [0.2, 0.25) is 0 Å². The van der Waals surface area contributed by atoms with Gasteiger partial charge >= 0.3 is 0 Å². The van der Waals surface area contributed by atoms with Gasteiger partial charge in [0, 0.05) is 0 Å². The van der Waals surface area contributed by atoms with Crippen molar-refractivity contribution < 1.29 is 5.11 Å². The summed E-state index contributed by atoms with van der Waals surface area (Å²) in [5.41, 5.74) is 3.55. The average molecular weight is 154 g/mol. The molecule has 0 radical (unpaired) electrons. The third kappa shape index (κ3) is 4.79. The molecular formula is C10H18O. The van der Waals surface area contributed by atoms with Gasteiger partial charge in [-0.2, -0.15) is 0 Å². The Morgan fingerprint density at radius 3 is 2.00 bits per heavy atom. The number of rotatable bonds is 4. The molecule has 1 N–H and O–H groups in total. The quantitative estimate of drug-likeness (QED) is 0.617. The minimum Gasteiger partial charge on any atom is -0.392 e. The molecule has 0 aromatic heterocycles. The van der Waals surface area contributed by atoms with E-state index < -0.39 is 0 Å². The fourth-order valence-electron chi connectivity index (χ4n) is 0.851. The van der Waals surface area contributed by atoms with Crippen LogP contribution in [-0.4, -0.2) is 11.7 Å². The van der Waals surface area contributed by atoms with Crippen LogP contribution in [0.3, 0.4) is 0 Å². The highest BCUT2D eigenvalue weighted by Gasteiger charge is 1.97. The summed E-state index contributed by atoms with van der Waals surface area (Å²) >= 11 is 0. The van der Waals surface area contributed by atoms with Crippen LogP contribution in [0.4, 0.5) is 0 Å². The second-order valence-corrected chi connectivity index (χ2v) is 3.22. The first-order chi connectivity index (χ1) is 5.07. The van der Waals surface area contributed by atoms with Crippen molar-refractivity contribution in [2.24, 2.45) is 0 Å². The highest BCUT2D eigenvalue weighted by molar-refractivity contribution is 5.11. The van der Waals surface area contributed by atoms with Crippen LogP contribution in [0.15, 0.2) is 23.3 Å². The number of hydrogen-bond donors (Lipinski definition) is 1. The third-order valence-corrected chi connectivity index (χ3v) is 1.75. The van der Waals surface area contributed by atoms with Crippen molar-refractivity contribution in [1.29, 1.82) is 0 Å². The Hall–Kier alpha value is -0.560. The molecule has 64 valence electrons. The molecule has 11 heavy (non-hydrogen) atoms. The van der Waals surface area contributed by atoms with Crippen molar-refractivity contribution in [2.45, 2.75) is 33.6 Å². The van der Waals surface area contributed by atoms with E-state index in [0.29, 0.717) is 0 Å². The van der Waals surface area contributed by atoms with Crippen molar-refractivity contribution in [1.82, 2.24) is 0 Å². The van der Waals surface area contributed by atoms with Crippen molar-refractivity contribution in [3.05, 3.63) is 23.3 Å². The van der Waals surface area contributed by atoms with Crippen molar-refractivity contribution in [3.8, 4) is 0 Å². The van der Waals surface area contributed by atoms with Crippen LogP contribution >= 0.6 is 0 Å². The Balaban J connectivity index is 3.91. The van der Waals surface area contributed by atoms with E-state index in [9.17, 15) is 0 Å². The SMILES string of the molecule is C=C(C)CCC(CO)=C(C)C. The van der Waals surface area contributed by atoms with Gasteiger partial charge in [-0.3, -0.25) is 0 Å². The van der Waals surface area contributed by atoms with Gasteiger partial charge in [0.05, 0.1) is 6.61 Å². The fraction of sp³-hybridized carbons (Fsp3) is 0.600. The number of aliphatic hydroxyl groups is 1. The predicted molar refractivity (Wildman–Crippen MR) is 49.5 cm³/mol. The molecule has 0 unspecified atom stereocenters. The van der Waals surface area contributed by atoms with Gasteiger partial charge in [0.25, 0.3) is 0 Å². The lowest BCUT2D eigenvalue weighted by Crippen LogP contribution is -1.93. The average Bonchev–Trinajstić information content (AvgIpc) is 1.87. The Morgan fingerprint density at radius 2 is 1.73 bits per heavy atom. The third-order valence-electron chi connectivity index (χ3n) is 1.75. The van der Waals surface area contributed by atoms with Gasteiger partial charge in [-0.15, -0.1) is 6.58 Å². The summed E-state index contributed by atoms with van der Waals surface area (Å²) in [7, 11) is 0. The lowest BCUT2D eigenvalue weighted by molar-refractivity contribution is 0.325. The van der Waals surface area contributed by atoms with Gasteiger partial charge in [0.2, 0.25) is 0 Å². The normalized spacial score (nSPS) is 9.45. The van der Waals surface area contributed by atoms with Crippen molar-refractivity contribution in [3.63, 3.8) is 0 Å². The highest BCUT2D eigenvalue weighted by atomic mass is 16.3. The largest absolute Gasteiger partial charge is 0.392 e. The second kappa shape index (κ2) is 5.14. The van der Waals surface area contributed by atoms with E-state index in [1.807, 2.05) is 20.8 Å². The molecule has 0 amide bonds. The molecule has 0 spiro atoms. The molecule has 0 aliphatic carbocycles. The summed E-state index contributed by atoms with van der Waals surface area (Å²) in [5, 5.41) is 8.92. The molecule has 0 aliphatic rings. The van der Waals surface area contributed by atoms with Crippen LogP contribution < -0.4 is 0 Å². The topological polar surface area (TPSA) is 20.2 Å². The lowest BCUT2D eigenvalue weighted by Gasteiger charge is -2.05. The molecule has 1 heteroatoms. The predicted octanol–water partition coefficient (Wildman–Crippen LogP) is 2.67. The molecule has 0 atom stereocenters. The molecule has 0 saturated heterocycles. The number of allylic oxidation sites excluding steroid dienone is 2. The Bertz CT molecular complexity index is 162. The maximum Gasteiger partial charge on any atom is 0.0644 e. The molecule has 0 aromatic rings. The van der Waals surface area contributed by atoms with Gasteiger partial charge in [-0.25, -0.2) is 0 Å². The van der Waals surface area contributed by atoms with Crippen molar-refractivity contribution >= 4 is 0 Å².